The van der Waals surface area contributed by atoms with Crippen molar-refractivity contribution < 1.29 is 9.53 Å². The van der Waals surface area contributed by atoms with Gasteiger partial charge in [0.15, 0.2) is 0 Å². The van der Waals surface area contributed by atoms with Crippen LogP contribution >= 0.6 is 0 Å². The van der Waals surface area contributed by atoms with Gasteiger partial charge >= 0.3 is 0 Å². The van der Waals surface area contributed by atoms with E-state index in [4.69, 9.17) is 4.74 Å². The molecule has 3 heterocycles. The lowest BCUT2D eigenvalue weighted by Crippen LogP contribution is -2.49. The average molecular weight is 364 g/mol. The zero-order valence-corrected chi connectivity index (χ0v) is 15.2. The Kier molecular flexibility index (Phi) is 4.45. The topological polar surface area (TPSA) is 76.4 Å². The van der Waals surface area contributed by atoms with Crippen molar-refractivity contribution >= 4 is 11.9 Å². The zero-order valence-electron chi connectivity index (χ0n) is 15.2. The number of hydrogen-bond acceptors (Lipinski definition) is 6. The van der Waals surface area contributed by atoms with Gasteiger partial charge in [-0.3, -0.25) is 4.79 Å². The molecule has 3 aromatic rings. The summed E-state index contributed by atoms with van der Waals surface area (Å²) in [6.45, 7) is 1.68. The Morgan fingerprint density at radius 3 is 2.89 bits per heavy atom. The third-order valence-corrected chi connectivity index (χ3v) is 4.58. The maximum atomic E-state index is 12.0. The molecule has 0 unspecified atom stereocenters. The largest absolute Gasteiger partial charge is 0.497 e. The molecule has 1 aromatic carbocycles. The van der Waals surface area contributed by atoms with Gasteiger partial charge in [-0.2, -0.15) is 5.10 Å². The molecule has 8 heteroatoms. The van der Waals surface area contributed by atoms with Crippen LogP contribution < -0.4 is 9.64 Å². The number of nitrogens with zero attached hydrogens (tertiary/aromatic N) is 6. The van der Waals surface area contributed by atoms with Gasteiger partial charge in [-0.1, -0.05) is 6.07 Å². The van der Waals surface area contributed by atoms with E-state index in [0.29, 0.717) is 19.0 Å². The molecule has 0 atom stereocenters. The first-order valence-corrected chi connectivity index (χ1v) is 8.65. The maximum Gasteiger partial charge on any atom is 0.242 e. The predicted molar refractivity (Wildman–Crippen MR) is 101 cm³/mol. The van der Waals surface area contributed by atoms with Crippen molar-refractivity contribution in [3.05, 3.63) is 48.9 Å². The van der Waals surface area contributed by atoms with Gasteiger partial charge in [-0.15, -0.1) is 0 Å². The minimum Gasteiger partial charge on any atom is -0.497 e. The summed E-state index contributed by atoms with van der Waals surface area (Å²) in [5, 5.41) is 4.43. The van der Waals surface area contributed by atoms with E-state index in [9.17, 15) is 4.79 Å². The van der Waals surface area contributed by atoms with Crippen LogP contribution in [-0.2, 0) is 4.79 Å². The van der Waals surface area contributed by atoms with Crippen LogP contribution in [0.4, 0.5) is 5.95 Å². The molecule has 0 aliphatic carbocycles. The van der Waals surface area contributed by atoms with Gasteiger partial charge in [0.1, 0.15) is 5.75 Å². The highest BCUT2D eigenvalue weighted by molar-refractivity contribution is 5.82. The van der Waals surface area contributed by atoms with Gasteiger partial charge in [0.2, 0.25) is 11.9 Å². The fourth-order valence-electron chi connectivity index (χ4n) is 2.94. The summed E-state index contributed by atoms with van der Waals surface area (Å²) in [6.07, 6.45) is 5.39. The van der Waals surface area contributed by atoms with Crippen LogP contribution in [0, 0.1) is 0 Å². The molecule has 138 valence electrons. The number of carbonyl (C=O) groups excluding carboxylic acids is 1. The van der Waals surface area contributed by atoms with Crippen LogP contribution in [0.3, 0.4) is 0 Å². The SMILES string of the molecule is COc1cccc(-n2cc(-c3ccnc(N4CCN(C)C(=O)C4)n3)cn2)c1. The van der Waals surface area contributed by atoms with Crippen molar-refractivity contribution in [3.63, 3.8) is 0 Å². The fraction of sp³-hybridized carbons (Fsp3) is 0.263. The van der Waals surface area contributed by atoms with Gasteiger partial charge in [-0.25, -0.2) is 14.6 Å². The lowest BCUT2D eigenvalue weighted by atomic mass is 10.2. The Morgan fingerprint density at radius 1 is 1.19 bits per heavy atom. The summed E-state index contributed by atoms with van der Waals surface area (Å²) < 4.78 is 7.05. The Balaban J connectivity index is 1.59. The summed E-state index contributed by atoms with van der Waals surface area (Å²) in [7, 11) is 3.45. The van der Waals surface area contributed by atoms with Crippen molar-refractivity contribution in [2.75, 3.05) is 38.7 Å². The molecular weight excluding hydrogens is 344 g/mol. The number of benzene rings is 1. The minimum absolute atomic E-state index is 0.0705. The van der Waals surface area contributed by atoms with E-state index in [2.05, 4.69) is 15.1 Å². The Bertz CT molecular complexity index is 970. The van der Waals surface area contributed by atoms with E-state index in [1.165, 1.54) is 0 Å². The van der Waals surface area contributed by atoms with Gasteiger partial charge in [0.25, 0.3) is 0 Å². The standard InChI is InChI=1S/C19H20N6O2/c1-23-8-9-24(13-18(23)26)19-20-7-6-17(22-19)14-11-21-25(12-14)15-4-3-5-16(10-15)27-2/h3-7,10-12H,8-9,13H2,1-2H3. The number of anilines is 1. The van der Waals surface area contributed by atoms with Gasteiger partial charge in [0.05, 0.1) is 31.2 Å². The summed E-state index contributed by atoms with van der Waals surface area (Å²) >= 11 is 0. The van der Waals surface area contributed by atoms with Crippen molar-refractivity contribution in [2.24, 2.45) is 0 Å². The van der Waals surface area contributed by atoms with Crippen LogP contribution in [0.25, 0.3) is 16.9 Å². The van der Waals surface area contributed by atoms with E-state index < -0.39 is 0 Å². The molecule has 1 amide bonds. The fourth-order valence-corrected chi connectivity index (χ4v) is 2.94. The summed E-state index contributed by atoms with van der Waals surface area (Å²) in [5.41, 5.74) is 2.54. The number of likely N-dealkylation sites (N-methyl/N-ethyl adjacent to an activating group) is 1. The second kappa shape index (κ2) is 7.06. The highest BCUT2D eigenvalue weighted by Gasteiger charge is 2.23. The number of aromatic nitrogens is 4. The first-order valence-electron chi connectivity index (χ1n) is 8.65. The van der Waals surface area contributed by atoms with Gasteiger partial charge in [0, 0.05) is 44.2 Å². The molecule has 4 rings (SSSR count). The first-order chi connectivity index (χ1) is 13.1. The lowest BCUT2D eigenvalue weighted by Gasteiger charge is -2.31. The Hall–Kier alpha value is -3.42. The molecule has 0 bridgehead atoms. The van der Waals surface area contributed by atoms with Crippen LogP contribution in [-0.4, -0.2) is 64.3 Å². The summed E-state index contributed by atoms with van der Waals surface area (Å²) in [6, 6.07) is 9.53. The zero-order chi connectivity index (χ0) is 18.8. The number of amides is 1. The smallest absolute Gasteiger partial charge is 0.242 e. The van der Waals surface area contributed by atoms with E-state index in [0.717, 1.165) is 29.2 Å². The number of ether oxygens (including phenoxy) is 1. The number of carbonyl (C=O) groups is 1. The summed E-state index contributed by atoms with van der Waals surface area (Å²) in [5.74, 6) is 1.40. The Morgan fingerprint density at radius 2 is 2.07 bits per heavy atom. The van der Waals surface area contributed by atoms with Crippen LogP contribution in [0.2, 0.25) is 0 Å². The van der Waals surface area contributed by atoms with Crippen molar-refractivity contribution in [3.8, 4) is 22.7 Å². The molecule has 1 aliphatic heterocycles. The summed E-state index contributed by atoms with van der Waals surface area (Å²) in [4.78, 5) is 24.5. The molecule has 0 N–H and O–H groups in total. The van der Waals surface area contributed by atoms with Gasteiger partial charge < -0.3 is 14.5 Å². The maximum absolute atomic E-state index is 12.0. The van der Waals surface area contributed by atoms with Crippen LogP contribution in [0.15, 0.2) is 48.9 Å². The molecule has 0 radical (unpaired) electrons. The monoisotopic (exact) mass is 364 g/mol. The lowest BCUT2D eigenvalue weighted by molar-refractivity contribution is -0.129. The van der Waals surface area contributed by atoms with Crippen LogP contribution in [0.5, 0.6) is 5.75 Å². The van der Waals surface area contributed by atoms with Crippen molar-refractivity contribution in [1.29, 1.82) is 0 Å². The second-order valence-electron chi connectivity index (χ2n) is 6.35. The second-order valence-corrected chi connectivity index (χ2v) is 6.35. The van der Waals surface area contributed by atoms with Crippen molar-refractivity contribution in [2.45, 2.75) is 0 Å². The Labute approximate surface area is 157 Å². The number of hydrogen-bond donors (Lipinski definition) is 0. The van der Waals surface area contributed by atoms with Gasteiger partial charge in [-0.05, 0) is 18.2 Å². The highest BCUT2D eigenvalue weighted by Crippen LogP contribution is 2.22. The molecule has 0 saturated carbocycles. The number of rotatable bonds is 4. The molecule has 27 heavy (non-hydrogen) atoms. The minimum atomic E-state index is 0.0705. The van der Waals surface area contributed by atoms with Crippen LogP contribution in [0.1, 0.15) is 0 Å². The molecule has 8 nitrogen and oxygen atoms in total. The predicted octanol–water partition coefficient (Wildman–Crippen LogP) is 1.62. The molecule has 1 fully saturated rings. The first kappa shape index (κ1) is 17.0. The van der Waals surface area contributed by atoms with E-state index in [1.807, 2.05) is 48.5 Å². The molecule has 2 aromatic heterocycles. The average Bonchev–Trinajstić information content (AvgIpc) is 3.20. The highest BCUT2D eigenvalue weighted by atomic mass is 16.5. The normalized spacial score (nSPS) is 14.5. The quantitative estimate of drug-likeness (QED) is 0.700. The van der Waals surface area contributed by atoms with E-state index >= 15 is 0 Å². The third kappa shape index (κ3) is 3.46. The third-order valence-electron chi connectivity index (χ3n) is 4.58. The molecule has 1 aliphatic rings. The molecule has 1 saturated heterocycles. The number of methoxy groups -OCH3 is 1. The van der Waals surface area contributed by atoms with Crippen molar-refractivity contribution in [1.82, 2.24) is 24.6 Å². The van der Waals surface area contributed by atoms with E-state index in [1.54, 1.807) is 29.1 Å². The number of piperazine rings is 1. The van der Waals surface area contributed by atoms with E-state index in [-0.39, 0.29) is 5.91 Å². The molecule has 0 spiro atoms. The molecular formula is C19H20N6O2.